The van der Waals surface area contributed by atoms with Gasteiger partial charge in [0.05, 0.1) is 11.6 Å². The number of aromatic nitrogens is 2. The second-order valence-electron chi connectivity index (χ2n) is 5.92. The highest BCUT2D eigenvalue weighted by atomic mass is 35.5. The summed E-state index contributed by atoms with van der Waals surface area (Å²) in [4.78, 5) is 25.2. The Bertz CT molecular complexity index is 542. The Labute approximate surface area is 131 Å². The normalized spacial score (nSPS) is 18.0. The number of rotatable bonds is 3. The lowest BCUT2D eigenvalue weighted by Gasteiger charge is -2.36. The van der Waals surface area contributed by atoms with Gasteiger partial charge in [-0.2, -0.15) is 4.98 Å². The molecule has 2 heterocycles. The third kappa shape index (κ3) is 2.59. The molecule has 1 aliphatic heterocycles. The Morgan fingerprint density at radius 3 is 2.52 bits per heavy atom. The number of hydrogen-bond donors (Lipinski definition) is 0. The first kappa shape index (κ1) is 16.0. The molecule has 0 bridgehead atoms. The lowest BCUT2D eigenvalue weighted by molar-refractivity contribution is -0.127. The predicted molar refractivity (Wildman–Crippen MR) is 85.9 cm³/mol. The van der Waals surface area contributed by atoms with Gasteiger partial charge in [-0.25, -0.2) is 4.98 Å². The number of hydrogen-bond acceptors (Lipinski definition) is 4. The topological polar surface area (TPSA) is 49.3 Å². The van der Waals surface area contributed by atoms with E-state index in [4.69, 9.17) is 11.6 Å². The molecular formula is C15H23ClN4O. The Morgan fingerprint density at radius 2 is 2.00 bits per heavy atom. The molecule has 0 saturated carbocycles. The van der Waals surface area contributed by atoms with Gasteiger partial charge < -0.3 is 9.80 Å². The van der Waals surface area contributed by atoms with Crippen molar-refractivity contribution in [3.63, 3.8) is 0 Å². The number of carbonyl (C=O) groups excluding carboxylic acids is 1. The minimum atomic E-state index is -0.397. The van der Waals surface area contributed by atoms with Crippen LogP contribution in [0.15, 0.2) is 6.20 Å². The zero-order valence-electron chi connectivity index (χ0n) is 13.4. The quantitative estimate of drug-likeness (QED) is 0.805. The van der Waals surface area contributed by atoms with Crippen molar-refractivity contribution in [2.45, 2.75) is 46.6 Å². The molecule has 0 aliphatic carbocycles. The molecule has 0 fully saturated rings. The fraction of sp³-hybridized carbons (Fsp3) is 0.667. The summed E-state index contributed by atoms with van der Waals surface area (Å²) in [7, 11) is 1.79. The molecule has 1 aliphatic rings. The number of halogens is 1. The molecule has 0 spiro atoms. The minimum absolute atomic E-state index is 0.128. The zero-order valence-corrected chi connectivity index (χ0v) is 14.1. The molecule has 0 aromatic carbocycles. The van der Waals surface area contributed by atoms with E-state index >= 15 is 0 Å². The summed E-state index contributed by atoms with van der Waals surface area (Å²) in [6.45, 7) is 9.00. The van der Waals surface area contributed by atoms with E-state index in [1.807, 2.05) is 0 Å². The largest absolute Gasteiger partial charge is 0.351 e. The van der Waals surface area contributed by atoms with Crippen LogP contribution in [-0.2, 0) is 4.79 Å². The van der Waals surface area contributed by atoms with Crippen molar-refractivity contribution in [3.05, 3.63) is 11.5 Å². The van der Waals surface area contributed by atoms with Crippen LogP contribution in [0.1, 0.15) is 40.5 Å². The van der Waals surface area contributed by atoms with Gasteiger partial charge in [-0.15, -0.1) is 0 Å². The predicted octanol–water partition coefficient (Wildman–Crippen LogP) is 3.13. The zero-order chi connectivity index (χ0) is 15.8. The molecule has 116 valence electrons. The molecular weight excluding hydrogens is 288 g/mol. The van der Waals surface area contributed by atoms with Gasteiger partial charge in [-0.1, -0.05) is 13.8 Å². The highest BCUT2D eigenvalue weighted by Gasteiger charge is 2.43. The summed E-state index contributed by atoms with van der Waals surface area (Å²) in [5.74, 6) is 0.868. The summed E-state index contributed by atoms with van der Waals surface area (Å²) in [5.41, 5.74) is 0.327. The van der Waals surface area contributed by atoms with Crippen LogP contribution in [0.5, 0.6) is 0 Å². The Balaban J connectivity index is 2.64. The van der Waals surface area contributed by atoms with E-state index in [0.29, 0.717) is 6.54 Å². The Kier molecular flexibility index (Phi) is 4.42. The monoisotopic (exact) mass is 310 g/mol. The molecule has 21 heavy (non-hydrogen) atoms. The summed E-state index contributed by atoms with van der Waals surface area (Å²) in [6.07, 6.45) is 3.23. The highest BCUT2D eigenvalue weighted by molar-refractivity contribution is 6.28. The summed E-state index contributed by atoms with van der Waals surface area (Å²) >= 11 is 5.97. The third-order valence-corrected chi connectivity index (χ3v) is 4.74. The first-order valence-corrected chi connectivity index (χ1v) is 7.81. The van der Waals surface area contributed by atoms with Gasteiger partial charge in [0, 0.05) is 19.6 Å². The van der Waals surface area contributed by atoms with Crippen LogP contribution in [-0.4, -0.2) is 35.5 Å². The lowest BCUT2D eigenvalue weighted by Crippen LogP contribution is -2.47. The van der Waals surface area contributed by atoms with Gasteiger partial charge in [0.1, 0.15) is 5.69 Å². The summed E-state index contributed by atoms with van der Waals surface area (Å²) < 4.78 is 0. The van der Waals surface area contributed by atoms with E-state index < -0.39 is 5.41 Å². The smallest absolute Gasteiger partial charge is 0.234 e. The van der Waals surface area contributed by atoms with Crippen LogP contribution in [0.3, 0.4) is 0 Å². The van der Waals surface area contributed by atoms with Gasteiger partial charge in [0.2, 0.25) is 11.2 Å². The van der Waals surface area contributed by atoms with E-state index in [1.165, 1.54) is 0 Å². The maximum absolute atomic E-state index is 13.0. The van der Waals surface area contributed by atoms with Crippen molar-refractivity contribution in [2.75, 3.05) is 23.4 Å². The maximum atomic E-state index is 13.0. The van der Waals surface area contributed by atoms with Gasteiger partial charge in [-0.3, -0.25) is 4.79 Å². The highest BCUT2D eigenvalue weighted by Crippen LogP contribution is 2.40. The van der Waals surface area contributed by atoms with Gasteiger partial charge in [-0.05, 0) is 38.3 Å². The fourth-order valence-corrected chi connectivity index (χ4v) is 3.06. The SMILES string of the molecule is CCC1(CC)CN(C(C)C)c2nc(Cl)ncc2N(C)C1=O. The van der Waals surface area contributed by atoms with Crippen molar-refractivity contribution in [3.8, 4) is 0 Å². The average molecular weight is 311 g/mol. The van der Waals surface area contributed by atoms with Crippen molar-refractivity contribution in [2.24, 2.45) is 5.41 Å². The van der Waals surface area contributed by atoms with E-state index in [1.54, 1.807) is 18.1 Å². The molecule has 1 aromatic heterocycles. The molecule has 2 rings (SSSR count). The standard InChI is InChI=1S/C15H23ClN4O/c1-6-15(7-2)9-20(10(3)4)12-11(19(5)13(15)21)8-17-14(16)18-12/h8,10H,6-7,9H2,1-5H3. The van der Waals surface area contributed by atoms with Crippen molar-refractivity contribution in [1.29, 1.82) is 0 Å². The van der Waals surface area contributed by atoms with Gasteiger partial charge in [0.15, 0.2) is 5.82 Å². The molecule has 6 heteroatoms. The van der Waals surface area contributed by atoms with Crippen LogP contribution in [0.4, 0.5) is 11.5 Å². The molecule has 0 N–H and O–H groups in total. The van der Waals surface area contributed by atoms with E-state index in [0.717, 1.165) is 24.3 Å². The third-order valence-electron chi connectivity index (χ3n) is 4.56. The van der Waals surface area contributed by atoms with Crippen LogP contribution in [0.2, 0.25) is 5.28 Å². The number of fused-ring (bicyclic) bond motifs is 1. The van der Waals surface area contributed by atoms with Crippen molar-refractivity contribution >= 4 is 29.0 Å². The molecule has 0 saturated heterocycles. The second kappa shape index (κ2) is 5.79. The van der Waals surface area contributed by atoms with Crippen LogP contribution in [0.25, 0.3) is 0 Å². The first-order valence-electron chi connectivity index (χ1n) is 7.43. The van der Waals surface area contributed by atoms with Crippen LogP contribution in [0, 0.1) is 5.41 Å². The average Bonchev–Trinajstić information content (AvgIpc) is 2.55. The second-order valence-corrected chi connectivity index (χ2v) is 6.26. The number of carbonyl (C=O) groups is 1. The lowest BCUT2D eigenvalue weighted by atomic mass is 9.80. The Hall–Kier alpha value is -1.36. The summed E-state index contributed by atoms with van der Waals surface area (Å²) in [5, 5.41) is 0.209. The Morgan fingerprint density at radius 1 is 1.38 bits per heavy atom. The summed E-state index contributed by atoms with van der Waals surface area (Å²) in [6, 6.07) is 0.228. The van der Waals surface area contributed by atoms with E-state index in [-0.39, 0.29) is 17.2 Å². The molecule has 0 unspecified atom stereocenters. The molecule has 1 aromatic rings. The van der Waals surface area contributed by atoms with E-state index in [9.17, 15) is 4.79 Å². The molecule has 0 atom stereocenters. The minimum Gasteiger partial charge on any atom is -0.351 e. The number of nitrogens with zero attached hydrogens (tertiary/aromatic N) is 4. The fourth-order valence-electron chi connectivity index (χ4n) is 2.93. The van der Waals surface area contributed by atoms with Crippen molar-refractivity contribution in [1.82, 2.24) is 9.97 Å². The number of amides is 1. The van der Waals surface area contributed by atoms with Gasteiger partial charge >= 0.3 is 0 Å². The maximum Gasteiger partial charge on any atom is 0.234 e. The molecule has 1 amide bonds. The number of anilines is 2. The first-order chi connectivity index (χ1) is 9.86. The van der Waals surface area contributed by atoms with Crippen LogP contribution >= 0.6 is 11.6 Å². The van der Waals surface area contributed by atoms with Crippen LogP contribution < -0.4 is 9.80 Å². The molecule has 5 nitrogen and oxygen atoms in total. The van der Waals surface area contributed by atoms with E-state index in [2.05, 4.69) is 42.6 Å². The van der Waals surface area contributed by atoms with Crippen molar-refractivity contribution < 1.29 is 4.79 Å². The molecule has 0 radical (unpaired) electrons. The van der Waals surface area contributed by atoms with Gasteiger partial charge in [0.25, 0.3) is 0 Å².